The number of likely N-dealkylation sites (tertiary alicyclic amines) is 1. The molecular weight excluding hydrogens is 478 g/mol. The lowest BCUT2D eigenvalue weighted by Gasteiger charge is -2.43. The Morgan fingerprint density at radius 1 is 0.971 bits per heavy atom. The van der Waals surface area contributed by atoms with E-state index in [1.54, 1.807) is 17.7 Å². The van der Waals surface area contributed by atoms with E-state index in [0.29, 0.717) is 18.1 Å². The second kappa shape index (κ2) is 9.25. The van der Waals surface area contributed by atoms with Gasteiger partial charge in [0.25, 0.3) is 0 Å². The normalized spacial score (nSPS) is 15.8. The second-order valence-corrected chi connectivity index (χ2v) is 11.3. The maximum absolute atomic E-state index is 12.7. The molecular formula is C28H28ClN3O2S. The molecule has 2 aromatic heterocycles. The first-order valence-electron chi connectivity index (χ1n) is 11.8. The highest BCUT2D eigenvalue weighted by Crippen LogP contribution is 2.43. The van der Waals surface area contributed by atoms with Crippen LogP contribution in [0.5, 0.6) is 0 Å². The summed E-state index contributed by atoms with van der Waals surface area (Å²) in [5.74, 6) is 0. The predicted octanol–water partition coefficient (Wildman–Crippen LogP) is 7.33. The van der Waals surface area contributed by atoms with Gasteiger partial charge in [0, 0.05) is 29.1 Å². The Balaban J connectivity index is 1.47. The van der Waals surface area contributed by atoms with Crippen LogP contribution in [0.25, 0.3) is 21.5 Å². The molecule has 5 nitrogen and oxygen atoms in total. The largest absolute Gasteiger partial charge is 0.444 e. The van der Waals surface area contributed by atoms with Crippen molar-refractivity contribution in [2.24, 2.45) is 0 Å². The second-order valence-electron chi connectivity index (χ2n) is 9.99. The van der Waals surface area contributed by atoms with Gasteiger partial charge in [-0.2, -0.15) is 0 Å². The molecule has 0 saturated carbocycles. The highest BCUT2D eigenvalue weighted by atomic mass is 35.5. The van der Waals surface area contributed by atoms with Gasteiger partial charge in [0.15, 0.2) is 0 Å². The number of benzene rings is 2. The molecule has 1 aliphatic rings. The molecule has 0 radical (unpaired) electrons. The molecule has 0 bridgehead atoms. The number of fused-ring (bicyclic) bond motifs is 1. The molecule has 7 heteroatoms. The summed E-state index contributed by atoms with van der Waals surface area (Å²) in [4.78, 5) is 23.5. The molecule has 0 N–H and O–H groups in total. The van der Waals surface area contributed by atoms with Crippen LogP contribution in [0.3, 0.4) is 0 Å². The number of amides is 1. The lowest BCUT2D eigenvalue weighted by molar-refractivity contribution is 0.0180. The highest BCUT2D eigenvalue weighted by Gasteiger charge is 2.40. The van der Waals surface area contributed by atoms with E-state index >= 15 is 0 Å². The average molecular weight is 506 g/mol. The minimum absolute atomic E-state index is 0.217. The van der Waals surface area contributed by atoms with Crippen molar-refractivity contribution < 1.29 is 9.53 Å². The van der Waals surface area contributed by atoms with E-state index in [9.17, 15) is 4.79 Å². The Morgan fingerprint density at radius 3 is 2.23 bits per heavy atom. The zero-order chi connectivity index (χ0) is 24.6. The van der Waals surface area contributed by atoms with Crippen LogP contribution in [0.2, 0.25) is 5.02 Å². The smallest absolute Gasteiger partial charge is 0.410 e. The number of aromatic nitrogens is 2. The third-order valence-electron chi connectivity index (χ3n) is 6.62. The molecule has 35 heavy (non-hydrogen) atoms. The molecule has 1 saturated heterocycles. The van der Waals surface area contributed by atoms with Gasteiger partial charge in [0.2, 0.25) is 0 Å². The summed E-state index contributed by atoms with van der Waals surface area (Å²) >= 11 is 7.87. The third-order valence-corrected chi connectivity index (χ3v) is 7.78. The molecule has 1 amide bonds. The van der Waals surface area contributed by atoms with E-state index in [1.807, 2.05) is 49.3 Å². The van der Waals surface area contributed by atoms with Crippen LogP contribution in [0.4, 0.5) is 4.79 Å². The number of rotatable bonds is 3. The summed E-state index contributed by atoms with van der Waals surface area (Å²) in [6.45, 7) is 6.95. The van der Waals surface area contributed by atoms with Gasteiger partial charge in [-0.3, -0.25) is 0 Å². The summed E-state index contributed by atoms with van der Waals surface area (Å²) in [6, 6.07) is 18.8. The van der Waals surface area contributed by atoms with Crippen LogP contribution in [-0.4, -0.2) is 39.7 Å². The quantitative estimate of drug-likeness (QED) is 0.292. The minimum atomic E-state index is -0.507. The SMILES string of the molecule is CC(C)(C)OC(=O)N1CCC(c2ccc(Cl)cc2)(c2ccc(-c3ncnc4ccsc34)cc2)CC1. The first kappa shape index (κ1) is 23.8. The van der Waals surface area contributed by atoms with Crippen molar-refractivity contribution in [3.63, 3.8) is 0 Å². The summed E-state index contributed by atoms with van der Waals surface area (Å²) in [7, 11) is 0. The van der Waals surface area contributed by atoms with Crippen molar-refractivity contribution in [2.45, 2.75) is 44.6 Å². The highest BCUT2D eigenvalue weighted by molar-refractivity contribution is 7.17. The predicted molar refractivity (Wildman–Crippen MR) is 142 cm³/mol. The zero-order valence-corrected chi connectivity index (χ0v) is 21.7. The van der Waals surface area contributed by atoms with Gasteiger partial charge < -0.3 is 9.64 Å². The monoisotopic (exact) mass is 505 g/mol. The van der Waals surface area contributed by atoms with Crippen molar-refractivity contribution in [3.8, 4) is 11.3 Å². The van der Waals surface area contributed by atoms with Crippen LogP contribution in [0.15, 0.2) is 66.3 Å². The van der Waals surface area contributed by atoms with E-state index in [-0.39, 0.29) is 11.5 Å². The Kier molecular flexibility index (Phi) is 6.28. The van der Waals surface area contributed by atoms with Gasteiger partial charge in [-0.05, 0) is 68.3 Å². The molecule has 5 rings (SSSR count). The molecule has 1 aliphatic heterocycles. The fourth-order valence-corrected chi connectivity index (χ4v) is 5.83. The van der Waals surface area contributed by atoms with Crippen molar-refractivity contribution in [3.05, 3.63) is 82.5 Å². The fourth-order valence-electron chi connectivity index (χ4n) is 4.85. The van der Waals surface area contributed by atoms with E-state index in [0.717, 1.165) is 34.3 Å². The fraction of sp³-hybridized carbons (Fsp3) is 0.321. The Labute approximate surface area is 214 Å². The lowest BCUT2D eigenvalue weighted by Crippen LogP contribution is -2.47. The minimum Gasteiger partial charge on any atom is -0.444 e. The number of halogens is 1. The molecule has 0 spiro atoms. The first-order valence-corrected chi connectivity index (χ1v) is 13.0. The van der Waals surface area contributed by atoms with Gasteiger partial charge in [-0.15, -0.1) is 11.3 Å². The number of hydrogen-bond acceptors (Lipinski definition) is 5. The lowest BCUT2D eigenvalue weighted by atomic mass is 9.68. The number of ether oxygens (including phenoxy) is 1. The average Bonchev–Trinajstić information content (AvgIpc) is 3.33. The molecule has 180 valence electrons. The van der Waals surface area contributed by atoms with Crippen molar-refractivity contribution in [1.29, 1.82) is 0 Å². The molecule has 0 aliphatic carbocycles. The van der Waals surface area contributed by atoms with Crippen LogP contribution in [-0.2, 0) is 10.2 Å². The van der Waals surface area contributed by atoms with Crippen molar-refractivity contribution >= 4 is 39.2 Å². The van der Waals surface area contributed by atoms with Crippen LogP contribution >= 0.6 is 22.9 Å². The molecule has 0 atom stereocenters. The zero-order valence-electron chi connectivity index (χ0n) is 20.1. The van der Waals surface area contributed by atoms with Gasteiger partial charge in [0.1, 0.15) is 11.9 Å². The maximum atomic E-state index is 12.7. The molecule has 4 aromatic rings. The number of carbonyl (C=O) groups is 1. The Morgan fingerprint density at radius 2 is 1.60 bits per heavy atom. The maximum Gasteiger partial charge on any atom is 0.410 e. The van der Waals surface area contributed by atoms with E-state index in [2.05, 4.69) is 46.4 Å². The van der Waals surface area contributed by atoms with E-state index in [1.165, 1.54) is 11.1 Å². The third kappa shape index (κ3) is 4.78. The summed E-state index contributed by atoms with van der Waals surface area (Å²) in [5, 5.41) is 2.76. The standard InChI is InChI=1S/C28H28ClN3O2S/c1-27(2,3)34-26(33)32-15-13-28(14-16-32,21-8-10-22(29)11-9-21)20-6-4-19(5-7-20)24-25-23(12-17-35-25)30-18-31-24/h4-12,17-18H,13-16H2,1-3H3. The summed E-state index contributed by atoms with van der Waals surface area (Å²) in [6.07, 6.45) is 2.98. The molecule has 0 unspecified atom stereocenters. The van der Waals surface area contributed by atoms with Gasteiger partial charge in [-0.1, -0.05) is 48.0 Å². The number of nitrogens with zero attached hydrogens (tertiary/aromatic N) is 3. The van der Waals surface area contributed by atoms with Crippen LogP contribution in [0.1, 0.15) is 44.7 Å². The summed E-state index contributed by atoms with van der Waals surface area (Å²) in [5.41, 5.74) is 4.71. The van der Waals surface area contributed by atoms with Gasteiger partial charge in [0.05, 0.1) is 15.9 Å². The molecule has 2 aromatic carbocycles. The number of carbonyl (C=O) groups excluding carboxylic acids is 1. The first-order chi connectivity index (χ1) is 16.7. The Bertz CT molecular complexity index is 1340. The Hall–Kier alpha value is -2.96. The number of piperidine rings is 1. The van der Waals surface area contributed by atoms with Crippen LogP contribution < -0.4 is 0 Å². The summed E-state index contributed by atoms with van der Waals surface area (Å²) < 4.78 is 6.72. The van der Waals surface area contributed by atoms with Crippen molar-refractivity contribution in [1.82, 2.24) is 14.9 Å². The van der Waals surface area contributed by atoms with Gasteiger partial charge in [-0.25, -0.2) is 14.8 Å². The van der Waals surface area contributed by atoms with Gasteiger partial charge >= 0.3 is 6.09 Å². The number of hydrogen-bond donors (Lipinski definition) is 0. The molecule has 3 heterocycles. The van der Waals surface area contributed by atoms with Crippen LogP contribution in [0, 0.1) is 0 Å². The number of thiophene rings is 1. The van der Waals surface area contributed by atoms with Crippen molar-refractivity contribution in [2.75, 3.05) is 13.1 Å². The van der Waals surface area contributed by atoms with E-state index < -0.39 is 5.60 Å². The topological polar surface area (TPSA) is 55.3 Å². The van der Waals surface area contributed by atoms with E-state index in [4.69, 9.17) is 16.3 Å². The molecule has 1 fully saturated rings.